The van der Waals surface area contributed by atoms with Gasteiger partial charge in [-0.3, -0.25) is 4.79 Å². The van der Waals surface area contributed by atoms with Gasteiger partial charge in [0.05, 0.1) is 5.92 Å². The Balaban J connectivity index is 1.32. The summed E-state index contributed by atoms with van der Waals surface area (Å²) in [7, 11) is 0. The zero-order valence-corrected chi connectivity index (χ0v) is 17.0. The number of nitrogens with zero attached hydrogens (tertiary/aromatic N) is 1. The molecule has 2 aliphatic rings. The highest BCUT2D eigenvalue weighted by atomic mass is 32.1. The summed E-state index contributed by atoms with van der Waals surface area (Å²) in [6.45, 7) is 0.779. The van der Waals surface area contributed by atoms with E-state index in [9.17, 15) is 14.7 Å². The van der Waals surface area contributed by atoms with Gasteiger partial charge in [0, 0.05) is 24.9 Å². The highest BCUT2D eigenvalue weighted by molar-refractivity contribution is 7.08. The molecule has 1 aliphatic carbocycles. The van der Waals surface area contributed by atoms with E-state index >= 15 is 0 Å². The summed E-state index contributed by atoms with van der Waals surface area (Å²) in [4.78, 5) is 26.1. The zero-order chi connectivity index (χ0) is 20.7. The summed E-state index contributed by atoms with van der Waals surface area (Å²) in [5.41, 5.74) is 5.65. The molecule has 1 aliphatic heterocycles. The van der Waals surface area contributed by atoms with E-state index in [0.29, 0.717) is 6.54 Å². The third-order valence-corrected chi connectivity index (χ3v) is 6.90. The lowest BCUT2D eigenvalue weighted by atomic mass is 9.91. The van der Waals surface area contributed by atoms with E-state index in [1.165, 1.54) is 27.4 Å². The van der Waals surface area contributed by atoms with Crippen molar-refractivity contribution in [2.75, 3.05) is 19.7 Å². The van der Waals surface area contributed by atoms with Crippen LogP contribution in [-0.4, -0.2) is 41.8 Å². The number of carboxylic acid groups (broad SMARTS) is 1. The third-order valence-electron chi connectivity index (χ3n) is 6.20. The van der Waals surface area contributed by atoms with Crippen molar-refractivity contribution in [3.05, 3.63) is 82.0 Å². The number of hydrogen-bond acceptors (Lipinski definition) is 4. The number of fused-ring (bicyclic) bond motifs is 3. The van der Waals surface area contributed by atoms with Crippen molar-refractivity contribution >= 4 is 23.4 Å². The van der Waals surface area contributed by atoms with Crippen molar-refractivity contribution < 1.29 is 19.4 Å². The normalized spacial score (nSPS) is 20.1. The predicted molar refractivity (Wildman–Crippen MR) is 115 cm³/mol. The van der Waals surface area contributed by atoms with Crippen LogP contribution in [0.25, 0.3) is 11.1 Å². The molecule has 0 spiro atoms. The molecule has 2 aromatic carbocycles. The molecule has 5 rings (SSSR count). The fourth-order valence-electron chi connectivity index (χ4n) is 4.71. The van der Waals surface area contributed by atoms with Gasteiger partial charge in [0.1, 0.15) is 6.61 Å². The van der Waals surface area contributed by atoms with Gasteiger partial charge in [-0.05, 0) is 44.6 Å². The average molecular weight is 420 g/mol. The molecule has 152 valence electrons. The van der Waals surface area contributed by atoms with Gasteiger partial charge in [-0.2, -0.15) is 11.3 Å². The first-order valence-electron chi connectivity index (χ1n) is 9.98. The Morgan fingerprint density at radius 1 is 1.00 bits per heavy atom. The number of aliphatic carboxylic acids is 1. The van der Waals surface area contributed by atoms with E-state index in [-0.39, 0.29) is 25.0 Å². The average Bonchev–Trinajstić information content (AvgIpc) is 3.49. The molecule has 2 heterocycles. The highest BCUT2D eigenvalue weighted by Gasteiger charge is 2.41. The minimum absolute atomic E-state index is 0.00751. The molecule has 2 unspecified atom stereocenters. The first-order chi connectivity index (χ1) is 14.6. The molecular formula is C24H21NO4S. The SMILES string of the molecule is O=C(O)C1CN(C(=O)OCC2c3ccccc3-c3ccccc32)CC1c1ccsc1. The Morgan fingerprint density at radius 2 is 1.67 bits per heavy atom. The Hall–Kier alpha value is -3.12. The fraction of sp³-hybridized carbons (Fsp3) is 0.250. The Kier molecular flexibility index (Phi) is 4.79. The van der Waals surface area contributed by atoms with Gasteiger partial charge in [0.25, 0.3) is 0 Å². The van der Waals surface area contributed by atoms with E-state index in [2.05, 4.69) is 24.3 Å². The van der Waals surface area contributed by atoms with Gasteiger partial charge >= 0.3 is 12.1 Å². The highest BCUT2D eigenvalue weighted by Crippen LogP contribution is 2.44. The first kappa shape index (κ1) is 18.9. The lowest BCUT2D eigenvalue weighted by Gasteiger charge is -2.19. The second-order valence-corrected chi connectivity index (χ2v) is 8.60. The molecule has 0 bridgehead atoms. The van der Waals surface area contributed by atoms with Gasteiger partial charge in [0.2, 0.25) is 0 Å². The number of carbonyl (C=O) groups is 2. The topological polar surface area (TPSA) is 66.8 Å². The molecule has 1 aromatic heterocycles. The lowest BCUT2D eigenvalue weighted by molar-refractivity contribution is -0.141. The molecule has 1 amide bonds. The van der Waals surface area contributed by atoms with Crippen LogP contribution < -0.4 is 0 Å². The molecule has 5 nitrogen and oxygen atoms in total. The van der Waals surface area contributed by atoms with Gasteiger partial charge in [0.15, 0.2) is 0 Å². The van der Waals surface area contributed by atoms with Crippen LogP contribution in [0.2, 0.25) is 0 Å². The van der Waals surface area contributed by atoms with E-state index < -0.39 is 18.0 Å². The molecule has 3 aromatic rings. The van der Waals surface area contributed by atoms with Crippen LogP contribution in [0, 0.1) is 5.92 Å². The van der Waals surface area contributed by atoms with E-state index in [0.717, 1.165) is 16.7 Å². The second kappa shape index (κ2) is 7.61. The van der Waals surface area contributed by atoms with Crippen LogP contribution in [0.3, 0.4) is 0 Å². The van der Waals surface area contributed by atoms with Gasteiger partial charge < -0.3 is 14.7 Å². The number of amides is 1. The van der Waals surface area contributed by atoms with Gasteiger partial charge in [-0.1, -0.05) is 48.5 Å². The molecule has 0 saturated carbocycles. The van der Waals surface area contributed by atoms with E-state index in [1.54, 1.807) is 0 Å². The second-order valence-electron chi connectivity index (χ2n) is 7.82. The number of ether oxygens (including phenoxy) is 1. The zero-order valence-electron chi connectivity index (χ0n) is 16.2. The maximum absolute atomic E-state index is 12.8. The monoisotopic (exact) mass is 419 g/mol. The molecule has 1 N–H and O–H groups in total. The predicted octanol–water partition coefficient (Wildman–Crippen LogP) is 4.80. The Bertz CT molecular complexity index is 1050. The summed E-state index contributed by atoms with van der Waals surface area (Å²) >= 11 is 1.54. The number of thiophene rings is 1. The number of likely N-dealkylation sites (tertiary alicyclic amines) is 1. The Morgan fingerprint density at radius 3 is 2.27 bits per heavy atom. The first-order valence-corrected chi connectivity index (χ1v) is 10.9. The summed E-state index contributed by atoms with van der Waals surface area (Å²) in [5, 5.41) is 13.5. The Labute approximate surface area is 178 Å². The fourth-order valence-corrected chi connectivity index (χ4v) is 5.44. The number of carboxylic acids is 1. The number of benzene rings is 2. The molecule has 1 fully saturated rings. The van der Waals surface area contributed by atoms with Crippen LogP contribution in [-0.2, 0) is 9.53 Å². The quantitative estimate of drug-likeness (QED) is 0.660. The smallest absolute Gasteiger partial charge is 0.409 e. The summed E-state index contributed by atoms with van der Waals surface area (Å²) < 4.78 is 5.71. The maximum atomic E-state index is 12.8. The number of rotatable bonds is 4. The van der Waals surface area contributed by atoms with E-state index in [1.807, 2.05) is 41.1 Å². The van der Waals surface area contributed by atoms with Crippen molar-refractivity contribution in [3.8, 4) is 11.1 Å². The molecule has 1 saturated heterocycles. The molecule has 6 heteroatoms. The molecule has 2 atom stereocenters. The third kappa shape index (κ3) is 3.17. The maximum Gasteiger partial charge on any atom is 0.409 e. The number of carbonyl (C=O) groups excluding carboxylic acids is 1. The van der Waals surface area contributed by atoms with Crippen LogP contribution in [0.15, 0.2) is 65.4 Å². The summed E-state index contributed by atoms with van der Waals surface area (Å²) in [6, 6.07) is 18.3. The van der Waals surface area contributed by atoms with Crippen molar-refractivity contribution in [1.82, 2.24) is 4.90 Å². The summed E-state index contributed by atoms with van der Waals surface area (Å²) in [5.74, 6) is -1.69. The van der Waals surface area contributed by atoms with Crippen molar-refractivity contribution in [2.45, 2.75) is 11.8 Å². The van der Waals surface area contributed by atoms with Crippen LogP contribution in [0.1, 0.15) is 28.5 Å². The largest absolute Gasteiger partial charge is 0.481 e. The van der Waals surface area contributed by atoms with Crippen LogP contribution in [0.4, 0.5) is 4.79 Å². The minimum atomic E-state index is -0.875. The van der Waals surface area contributed by atoms with Gasteiger partial charge in [-0.25, -0.2) is 4.79 Å². The van der Waals surface area contributed by atoms with Crippen LogP contribution in [0.5, 0.6) is 0 Å². The standard InChI is InChI=1S/C24H21NO4S/c26-23(27)21-12-25(11-20(21)15-9-10-30-14-15)24(28)29-13-22-18-7-3-1-5-16(18)17-6-2-4-8-19(17)22/h1-10,14,20-22H,11-13H2,(H,26,27). The van der Waals surface area contributed by atoms with Crippen LogP contribution >= 0.6 is 11.3 Å². The van der Waals surface area contributed by atoms with Crippen molar-refractivity contribution in [1.29, 1.82) is 0 Å². The van der Waals surface area contributed by atoms with Gasteiger partial charge in [-0.15, -0.1) is 0 Å². The molecule has 30 heavy (non-hydrogen) atoms. The van der Waals surface area contributed by atoms with E-state index in [4.69, 9.17) is 4.74 Å². The number of hydrogen-bond donors (Lipinski definition) is 1. The van der Waals surface area contributed by atoms with Crippen molar-refractivity contribution in [3.63, 3.8) is 0 Å². The van der Waals surface area contributed by atoms with Crippen molar-refractivity contribution in [2.24, 2.45) is 5.92 Å². The minimum Gasteiger partial charge on any atom is -0.481 e. The molecular weight excluding hydrogens is 398 g/mol. The molecule has 0 radical (unpaired) electrons. The lowest BCUT2D eigenvalue weighted by Crippen LogP contribution is -2.31. The summed E-state index contributed by atoms with van der Waals surface area (Å²) in [6.07, 6.45) is -0.444.